The van der Waals surface area contributed by atoms with Gasteiger partial charge in [0, 0.05) is 4.47 Å². The third-order valence-corrected chi connectivity index (χ3v) is 6.52. The number of halogens is 4. The summed E-state index contributed by atoms with van der Waals surface area (Å²) in [6, 6.07) is 15.0. The van der Waals surface area contributed by atoms with Crippen LogP contribution in [-0.2, 0) is 16.2 Å². The first-order chi connectivity index (χ1) is 16.2. The number of hydrogen-bond acceptors (Lipinski definition) is 4. The Labute approximate surface area is 219 Å². The van der Waals surface area contributed by atoms with Crippen molar-refractivity contribution in [2.75, 3.05) is 4.90 Å². The molecule has 0 saturated carbocycles. The smallest absolute Gasteiger partial charge is 0.335 e. The molecule has 172 valence electrons. The van der Waals surface area contributed by atoms with E-state index in [9.17, 15) is 18.8 Å². The molecule has 6 nitrogen and oxygen atoms in total. The number of barbiturate groups is 1. The van der Waals surface area contributed by atoms with Gasteiger partial charge in [-0.1, -0.05) is 28.1 Å². The molecule has 3 aromatic rings. The molecule has 1 saturated heterocycles. The Bertz CT molecular complexity index is 1300. The molecule has 1 aliphatic rings. The van der Waals surface area contributed by atoms with E-state index < -0.39 is 23.7 Å². The van der Waals surface area contributed by atoms with Crippen LogP contribution in [0, 0.1) is 5.82 Å². The molecule has 3 aromatic carbocycles. The van der Waals surface area contributed by atoms with Crippen LogP contribution < -0.4 is 15.0 Å². The van der Waals surface area contributed by atoms with Crippen LogP contribution in [-0.4, -0.2) is 17.8 Å². The molecule has 0 atom stereocenters. The van der Waals surface area contributed by atoms with Crippen molar-refractivity contribution < 1.29 is 23.5 Å². The highest BCUT2D eigenvalue weighted by Gasteiger charge is 2.36. The van der Waals surface area contributed by atoms with Gasteiger partial charge in [0.2, 0.25) is 0 Å². The van der Waals surface area contributed by atoms with Crippen molar-refractivity contribution in [1.29, 1.82) is 0 Å². The summed E-state index contributed by atoms with van der Waals surface area (Å²) >= 11 is 10.3. The monoisotopic (exact) mass is 650 g/mol. The third kappa shape index (κ3) is 5.29. The Kier molecular flexibility index (Phi) is 7.30. The van der Waals surface area contributed by atoms with E-state index in [1.165, 1.54) is 18.2 Å². The van der Waals surface area contributed by atoms with E-state index in [1.807, 2.05) is 24.3 Å². The highest BCUT2D eigenvalue weighted by Crippen LogP contribution is 2.36. The van der Waals surface area contributed by atoms with E-state index in [0.29, 0.717) is 26.9 Å². The molecular formula is C24H14Br3FN2O4. The second kappa shape index (κ2) is 10.2. The number of benzene rings is 3. The zero-order valence-electron chi connectivity index (χ0n) is 17.2. The SMILES string of the molecule is O=C1NC(=O)N(c2ccc(F)cc2)C(=O)/C1=C/c1cc(Br)c(OCc2ccc(Br)cc2)c(Br)c1. The van der Waals surface area contributed by atoms with Crippen LogP contribution in [0.1, 0.15) is 11.1 Å². The molecule has 4 amide bonds. The number of rotatable bonds is 5. The van der Waals surface area contributed by atoms with Crippen LogP contribution in [0.4, 0.5) is 14.9 Å². The van der Waals surface area contributed by atoms with Crippen LogP contribution in [0.15, 0.2) is 79.7 Å². The number of carbonyl (C=O) groups excluding carboxylic acids is 3. The average molecular weight is 653 g/mol. The predicted molar refractivity (Wildman–Crippen MR) is 136 cm³/mol. The molecule has 10 heteroatoms. The van der Waals surface area contributed by atoms with E-state index in [0.717, 1.165) is 27.1 Å². The second-order valence-electron chi connectivity index (χ2n) is 7.16. The molecule has 1 fully saturated rings. The molecule has 0 spiro atoms. The molecule has 1 heterocycles. The van der Waals surface area contributed by atoms with E-state index >= 15 is 0 Å². The highest BCUT2D eigenvalue weighted by molar-refractivity contribution is 9.11. The van der Waals surface area contributed by atoms with Crippen LogP contribution in [0.5, 0.6) is 5.75 Å². The van der Waals surface area contributed by atoms with Crippen molar-refractivity contribution in [2.45, 2.75) is 6.61 Å². The van der Waals surface area contributed by atoms with Crippen LogP contribution >= 0.6 is 47.8 Å². The maximum atomic E-state index is 13.3. The summed E-state index contributed by atoms with van der Waals surface area (Å²) < 4.78 is 21.3. The van der Waals surface area contributed by atoms with Crippen molar-refractivity contribution in [1.82, 2.24) is 5.32 Å². The van der Waals surface area contributed by atoms with Gasteiger partial charge in [0.15, 0.2) is 0 Å². The number of nitrogens with one attached hydrogen (secondary N) is 1. The van der Waals surface area contributed by atoms with Gasteiger partial charge in [0.25, 0.3) is 11.8 Å². The standard InChI is InChI=1S/C24H14Br3FN2O4/c25-15-3-1-13(2-4-15)12-34-21-19(26)10-14(11-20(21)27)9-18-22(31)29-24(33)30(23(18)32)17-7-5-16(28)6-8-17/h1-11H,12H2,(H,29,31,33)/b18-9+. The lowest BCUT2D eigenvalue weighted by Gasteiger charge is -2.26. The lowest BCUT2D eigenvalue weighted by Crippen LogP contribution is -2.54. The fourth-order valence-corrected chi connectivity index (χ4v) is 4.90. The summed E-state index contributed by atoms with van der Waals surface area (Å²) in [4.78, 5) is 38.5. The predicted octanol–water partition coefficient (Wildman–Crippen LogP) is 6.36. The summed E-state index contributed by atoms with van der Waals surface area (Å²) in [5.41, 5.74) is 1.39. The molecule has 1 N–H and O–H groups in total. The Hall–Kier alpha value is -2.82. The minimum atomic E-state index is -0.905. The number of amides is 4. The number of hydrogen-bond donors (Lipinski definition) is 1. The van der Waals surface area contributed by atoms with E-state index in [-0.39, 0.29) is 11.3 Å². The minimum Gasteiger partial charge on any atom is -0.487 e. The van der Waals surface area contributed by atoms with Gasteiger partial charge in [-0.3, -0.25) is 14.9 Å². The fourth-order valence-electron chi connectivity index (χ4n) is 3.19. The van der Waals surface area contributed by atoms with Crippen molar-refractivity contribution in [3.05, 3.63) is 96.6 Å². The van der Waals surface area contributed by atoms with Gasteiger partial charge in [0.05, 0.1) is 14.6 Å². The Morgan fingerprint density at radius 1 is 0.912 bits per heavy atom. The Morgan fingerprint density at radius 3 is 2.15 bits per heavy atom. The maximum absolute atomic E-state index is 13.3. The second-order valence-corrected chi connectivity index (χ2v) is 9.79. The zero-order chi connectivity index (χ0) is 24.4. The molecule has 0 unspecified atom stereocenters. The van der Waals surface area contributed by atoms with Gasteiger partial charge < -0.3 is 4.74 Å². The van der Waals surface area contributed by atoms with Gasteiger partial charge in [-0.15, -0.1) is 0 Å². The summed E-state index contributed by atoms with van der Waals surface area (Å²) in [5.74, 6) is -1.61. The third-order valence-electron chi connectivity index (χ3n) is 4.81. The zero-order valence-corrected chi connectivity index (χ0v) is 21.9. The van der Waals surface area contributed by atoms with Crippen LogP contribution in [0.3, 0.4) is 0 Å². The normalized spacial score (nSPS) is 15.0. The van der Waals surface area contributed by atoms with Crippen molar-refractivity contribution >= 4 is 77.4 Å². The van der Waals surface area contributed by atoms with E-state index in [1.54, 1.807) is 12.1 Å². The lowest BCUT2D eigenvalue weighted by molar-refractivity contribution is -0.122. The molecule has 1 aliphatic heterocycles. The Balaban J connectivity index is 1.60. The van der Waals surface area contributed by atoms with Crippen LogP contribution in [0.25, 0.3) is 6.08 Å². The topological polar surface area (TPSA) is 75.7 Å². The van der Waals surface area contributed by atoms with Crippen molar-refractivity contribution in [3.63, 3.8) is 0 Å². The molecular weight excluding hydrogens is 639 g/mol. The number of anilines is 1. The van der Waals surface area contributed by atoms with Crippen molar-refractivity contribution in [3.8, 4) is 5.75 Å². The summed E-state index contributed by atoms with van der Waals surface area (Å²) in [7, 11) is 0. The lowest BCUT2D eigenvalue weighted by atomic mass is 10.1. The number of imide groups is 2. The van der Waals surface area contributed by atoms with Gasteiger partial charge in [0.1, 0.15) is 23.7 Å². The molecule has 34 heavy (non-hydrogen) atoms. The molecule has 4 rings (SSSR count). The van der Waals surface area contributed by atoms with Crippen LogP contribution in [0.2, 0.25) is 0 Å². The molecule has 0 aliphatic carbocycles. The Morgan fingerprint density at radius 2 is 1.53 bits per heavy atom. The average Bonchev–Trinajstić information content (AvgIpc) is 2.78. The van der Waals surface area contributed by atoms with E-state index in [4.69, 9.17) is 4.74 Å². The molecule has 0 radical (unpaired) electrons. The van der Waals surface area contributed by atoms with Crippen molar-refractivity contribution in [2.24, 2.45) is 0 Å². The van der Waals surface area contributed by atoms with Gasteiger partial charge in [-0.25, -0.2) is 14.1 Å². The largest absolute Gasteiger partial charge is 0.487 e. The number of ether oxygens (including phenoxy) is 1. The number of carbonyl (C=O) groups is 3. The fraction of sp³-hybridized carbons (Fsp3) is 0.0417. The van der Waals surface area contributed by atoms with Gasteiger partial charge in [-0.05, 0) is 97.6 Å². The van der Waals surface area contributed by atoms with Gasteiger partial charge in [-0.2, -0.15) is 0 Å². The first-order valence-corrected chi connectivity index (χ1v) is 12.1. The first kappa shape index (κ1) is 24.3. The summed E-state index contributed by atoms with van der Waals surface area (Å²) in [6.45, 7) is 0.334. The molecule has 0 aromatic heterocycles. The maximum Gasteiger partial charge on any atom is 0.335 e. The number of urea groups is 1. The number of nitrogens with zero attached hydrogens (tertiary/aromatic N) is 1. The molecule has 0 bridgehead atoms. The highest BCUT2D eigenvalue weighted by atomic mass is 79.9. The van der Waals surface area contributed by atoms with E-state index in [2.05, 4.69) is 53.1 Å². The van der Waals surface area contributed by atoms with Gasteiger partial charge >= 0.3 is 6.03 Å². The summed E-state index contributed by atoms with van der Waals surface area (Å²) in [5, 5.41) is 2.14. The first-order valence-electron chi connectivity index (χ1n) is 9.76. The quantitative estimate of drug-likeness (QED) is 0.257. The summed E-state index contributed by atoms with van der Waals surface area (Å²) in [6.07, 6.45) is 1.37. The minimum absolute atomic E-state index is 0.140.